The molecule has 20 heavy (non-hydrogen) atoms. The zero-order valence-corrected chi connectivity index (χ0v) is 10.7. The third-order valence-corrected chi connectivity index (χ3v) is 4.02. The van der Waals surface area contributed by atoms with Gasteiger partial charge in [-0.05, 0) is 31.5 Å². The SMILES string of the molecule is C.O=C1NC(=O)C2(CCNCC2)N1Cc1ccccc1. The highest BCUT2D eigenvalue weighted by atomic mass is 16.2. The third-order valence-electron chi connectivity index (χ3n) is 4.02. The summed E-state index contributed by atoms with van der Waals surface area (Å²) in [6.07, 6.45) is 1.36. The van der Waals surface area contributed by atoms with Gasteiger partial charge in [0.25, 0.3) is 5.91 Å². The summed E-state index contributed by atoms with van der Waals surface area (Å²) in [6, 6.07) is 9.52. The molecule has 2 aliphatic heterocycles. The number of rotatable bonds is 2. The predicted molar refractivity (Wildman–Crippen MR) is 77.1 cm³/mol. The van der Waals surface area contributed by atoms with Gasteiger partial charge in [0, 0.05) is 6.54 Å². The Morgan fingerprint density at radius 2 is 1.75 bits per heavy atom. The molecule has 1 aromatic carbocycles. The van der Waals surface area contributed by atoms with Crippen molar-refractivity contribution in [2.45, 2.75) is 32.4 Å². The number of carbonyl (C=O) groups excluding carboxylic acids is 2. The quantitative estimate of drug-likeness (QED) is 0.804. The Balaban J connectivity index is 0.00000147. The number of benzene rings is 1. The molecule has 1 aromatic rings. The lowest BCUT2D eigenvalue weighted by molar-refractivity contribution is -0.128. The van der Waals surface area contributed by atoms with Crippen molar-refractivity contribution in [2.75, 3.05) is 13.1 Å². The van der Waals surface area contributed by atoms with Crippen LogP contribution in [0.3, 0.4) is 0 Å². The molecule has 0 aromatic heterocycles. The lowest BCUT2D eigenvalue weighted by Crippen LogP contribution is -2.55. The van der Waals surface area contributed by atoms with Gasteiger partial charge in [-0.15, -0.1) is 0 Å². The van der Waals surface area contributed by atoms with Crippen molar-refractivity contribution in [2.24, 2.45) is 0 Å². The molecule has 5 heteroatoms. The molecule has 2 aliphatic rings. The first-order valence-corrected chi connectivity index (χ1v) is 6.60. The number of nitrogens with one attached hydrogen (secondary N) is 2. The molecule has 0 aliphatic carbocycles. The summed E-state index contributed by atoms with van der Waals surface area (Å²) in [5, 5.41) is 5.71. The molecule has 2 heterocycles. The van der Waals surface area contributed by atoms with Crippen LogP contribution in [0.1, 0.15) is 25.8 Å². The van der Waals surface area contributed by atoms with E-state index in [9.17, 15) is 9.59 Å². The summed E-state index contributed by atoms with van der Waals surface area (Å²) < 4.78 is 0. The fourth-order valence-corrected chi connectivity index (χ4v) is 2.92. The molecule has 2 saturated heterocycles. The van der Waals surface area contributed by atoms with E-state index in [1.807, 2.05) is 30.3 Å². The van der Waals surface area contributed by atoms with E-state index in [0.29, 0.717) is 19.4 Å². The van der Waals surface area contributed by atoms with Gasteiger partial charge in [0.1, 0.15) is 5.54 Å². The highest BCUT2D eigenvalue weighted by molar-refractivity contribution is 6.07. The number of amides is 3. The highest BCUT2D eigenvalue weighted by Crippen LogP contribution is 2.32. The number of imide groups is 1. The van der Waals surface area contributed by atoms with E-state index < -0.39 is 5.54 Å². The fraction of sp³-hybridized carbons (Fsp3) is 0.467. The van der Waals surface area contributed by atoms with Crippen molar-refractivity contribution in [3.8, 4) is 0 Å². The average molecular weight is 275 g/mol. The number of nitrogens with zero attached hydrogens (tertiary/aromatic N) is 1. The zero-order chi connectivity index (χ0) is 13.3. The van der Waals surface area contributed by atoms with Crippen molar-refractivity contribution in [1.82, 2.24) is 15.5 Å². The molecule has 108 valence electrons. The van der Waals surface area contributed by atoms with Crippen molar-refractivity contribution in [1.29, 1.82) is 0 Å². The van der Waals surface area contributed by atoms with Crippen LogP contribution in [0.15, 0.2) is 30.3 Å². The van der Waals surface area contributed by atoms with Crippen molar-refractivity contribution in [3.05, 3.63) is 35.9 Å². The molecule has 0 atom stereocenters. The van der Waals surface area contributed by atoms with Gasteiger partial charge in [0.05, 0.1) is 0 Å². The summed E-state index contributed by atoms with van der Waals surface area (Å²) in [4.78, 5) is 25.9. The first-order valence-electron chi connectivity index (χ1n) is 6.60. The van der Waals surface area contributed by atoms with Crippen molar-refractivity contribution in [3.63, 3.8) is 0 Å². The normalized spacial score (nSPS) is 20.7. The van der Waals surface area contributed by atoms with E-state index in [4.69, 9.17) is 0 Å². The molecule has 2 fully saturated rings. The molecule has 2 N–H and O–H groups in total. The summed E-state index contributed by atoms with van der Waals surface area (Å²) in [7, 11) is 0. The molecular formula is C15H21N3O2. The molecule has 3 amide bonds. The standard InChI is InChI=1S/C14H17N3O2.CH4/c18-12-14(6-8-15-9-7-14)17(13(19)16-12)10-11-4-2-1-3-5-11;/h1-5,15H,6-10H2,(H,16,18,19);1H4. The number of urea groups is 1. The molecule has 3 rings (SSSR count). The summed E-state index contributed by atoms with van der Waals surface area (Å²) in [5.41, 5.74) is 0.392. The average Bonchev–Trinajstić information content (AvgIpc) is 2.66. The molecule has 0 bridgehead atoms. The number of hydrogen-bond acceptors (Lipinski definition) is 3. The Kier molecular flexibility index (Phi) is 4.09. The van der Waals surface area contributed by atoms with Crippen LogP contribution in [0.4, 0.5) is 4.79 Å². The Bertz CT molecular complexity index is 495. The van der Waals surface area contributed by atoms with E-state index >= 15 is 0 Å². The van der Waals surface area contributed by atoms with Crippen molar-refractivity contribution < 1.29 is 9.59 Å². The maximum atomic E-state index is 12.2. The van der Waals surface area contributed by atoms with Crippen LogP contribution < -0.4 is 10.6 Å². The first kappa shape index (κ1) is 14.5. The van der Waals surface area contributed by atoms with E-state index in [-0.39, 0.29) is 19.4 Å². The second-order valence-corrected chi connectivity index (χ2v) is 5.11. The lowest BCUT2D eigenvalue weighted by Gasteiger charge is -2.38. The van der Waals surface area contributed by atoms with E-state index in [1.165, 1.54) is 0 Å². The van der Waals surface area contributed by atoms with Gasteiger partial charge >= 0.3 is 6.03 Å². The van der Waals surface area contributed by atoms with Gasteiger partial charge in [-0.1, -0.05) is 37.8 Å². The summed E-state index contributed by atoms with van der Waals surface area (Å²) in [6.45, 7) is 2.02. The Morgan fingerprint density at radius 1 is 1.10 bits per heavy atom. The van der Waals surface area contributed by atoms with Gasteiger partial charge < -0.3 is 10.2 Å². The Morgan fingerprint density at radius 3 is 2.40 bits per heavy atom. The molecule has 0 radical (unpaired) electrons. The second kappa shape index (κ2) is 5.63. The largest absolute Gasteiger partial charge is 0.325 e. The topological polar surface area (TPSA) is 61.4 Å². The molecule has 1 spiro atoms. The van der Waals surface area contributed by atoms with E-state index in [2.05, 4.69) is 10.6 Å². The van der Waals surface area contributed by atoms with Crippen molar-refractivity contribution >= 4 is 11.9 Å². The smallest absolute Gasteiger partial charge is 0.317 e. The van der Waals surface area contributed by atoms with Crippen LogP contribution in [0.25, 0.3) is 0 Å². The van der Waals surface area contributed by atoms with E-state index in [1.54, 1.807) is 4.90 Å². The zero-order valence-electron chi connectivity index (χ0n) is 10.7. The predicted octanol–water partition coefficient (Wildman–Crippen LogP) is 1.50. The first-order chi connectivity index (χ1) is 9.22. The third kappa shape index (κ3) is 2.29. The maximum absolute atomic E-state index is 12.2. The molecule has 0 saturated carbocycles. The number of piperidine rings is 1. The minimum Gasteiger partial charge on any atom is -0.317 e. The summed E-state index contributed by atoms with van der Waals surface area (Å²) >= 11 is 0. The van der Waals surface area contributed by atoms with E-state index in [0.717, 1.165) is 18.7 Å². The van der Waals surface area contributed by atoms with Crippen LogP contribution in [-0.4, -0.2) is 35.5 Å². The Labute approximate surface area is 119 Å². The molecule has 5 nitrogen and oxygen atoms in total. The monoisotopic (exact) mass is 275 g/mol. The van der Waals surface area contributed by atoms with Gasteiger partial charge in [0.2, 0.25) is 0 Å². The summed E-state index contributed by atoms with van der Waals surface area (Å²) in [5.74, 6) is -0.144. The molecule has 0 unspecified atom stereocenters. The van der Waals surface area contributed by atoms with Crippen LogP contribution in [0.2, 0.25) is 0 Å². The van der Waals surface area contributed by atoms with Crippen LogP contribution in [0.5, 0.6) is 0 Å². The maximum Gasteiger partial charge on any atom is 0.325 e. The number of carbonyl (C=O) groups is 2. The second-order valence-electron chi connectivity index (χ2n) is 5.11. The molecular weight excluding hydrogens is 254 g/mol. The highest BCUT2D eigenvalue weighted by Gasteiger charge is 2.52. The van der Waals surface area contributed by atoms with Crippen LogP contribution in [-0.2, 0) is 11.3 Å². The Hall–Kier alpha value is -1.88. The van der Waals surface area contributed by atoms with Gasteiger partial charge in [0.15, 0.2) is 0 Å². The van der Waals surface area contributed by atoms with Gasteiger partial charge in [-0.3, -0.25) is 10.1 Å². The minimum absolute atomic E-state index is 0. The van der Waals surface area contributed by atoms with Gasteiger partial charge in [-0.2, -0.15) is 0 Å². The lowest BCUT2D eigenvalue weighted by atomic mass is 9.86. The number of hydrogen-bond donors (Lipinski definition) is 2. The fourth-order valence-electron chi connectivity index (χ4n) is 2.92. The van der Waals surface area contributed by atoms with Crippen LogP contribution >= 0.6 is 0 Å². The van der Waals surface area contributed by atoms with Gasteiger partial charge in [-0.25, -0.2) is 4.79 Å². The van der Waals surface area contributed by atoms with Crippen LogP contribution in [0, 0.1) is 0 Å². The minimum atomic E-state index is -0.655.